The van der Waals surface area contributed by atoms with E-state index >= 15 is 0 Å². The molecule has 5 heteroatoms. The van der Waals surface area contributed by atoms with Crippen molar-refractivity contribution in [3.05, 3.63) is 35.1 Å². The van der Waals surface area contributed by atoms with Crippen LogP contribution in [0.15, 0.2) is 12.1 Å². The lowest BCUT2D eigenvalue weighted by Gasteiger charge is -2.12. The van der Waals surface area contributed by atoms with E-state index in [9.17, 15) is 18.0 Å². The van der Waals surface area contributed by atoms with Crippen molar-refractivity contribution in [3.63, 3.8) is 0 Å². The van der Waals surface area contributed by atoms with Crippen LogP contribution in [-0.4, -0.2) is 11.9 Å². The molecular weight excluding hydrogens is 243 g/mol. The van der Waals surface area contributed by atoms with Crippen molar-refractivity contribution in [1.82, 2.24) is 5.32 Å². The summed E-state index contributed by atoms with van der Waals surface area (Å²) in [4.78, 5) is 11.6. The molecule has 1 aromatic carbocycles. The topological polar surface area (TPSA) is 29.1 Å². The molecule has 2 nitrogen and oxygen atoms in total. The molecule has 1 aromatic rings. The van der Waals surface area contributed by atoms with E-state index in [0.717, 1.165) is 0 Å². The average molecular weight is 255 g/mol. The molecule has 1 atom stereocenters. The zero-order chi connectivity index (χ0) is 13.7. The van der Waals surface area contributed by atoms with E-state index in [2.05, 4.69) is 11.2 Å². The van der Waals surface area contributed by atoms with Crippen LogP contribution in [0.5, 0.6) is 0 Å². The van der Waals surface area contributed by atoms with E-state index in [1.807, 2.05) is 6.92 Å². The van der Waals surface area contributed by atoms with Gasteiger partial charge in [-0.15, -0.1) is 6.42 Å². The highest BCUT2D eigenvalue weighted by Crippen LogP contribution is 2.15. The van der Waals surface area contributed by atoms with Crippen LogP contribution in [0.2, 0.25) is 0 Å². The fourth-order valence-electron chi connectivity index (χ4n) is 1.48. The van der Waals surface area contributed by atoms with Gasteiger partial charge in [0, 0.05) is 12.1 Å². The summed E-state index contributed by atoms with van der Waals surface area (Å²) < 4.78 is 39.3. The predicted molar refractivity (Wildman–Crippen MR) is 61.3 cm³/mol. The monoisotopic (exact) mass is 255 g/mol. The zero-order valence-electron chi connectivity index (χ0n) is 9.77. The van der Waals surface area contributed by atoms with Crippen molar-refractivity contribution in [2.24, 2.45) is 0 Å². The number of terminal acetylenes is 1. The van der Waals surface area contributed by atoms with Gasteiger partial charge in [-0.25, -0.2) is 13.2 Å². The summed E-state index contributed by atoms with van der Waals surface area (Å²) in [5, 5.41) is 2.31. The highest BCUT2D eigenvalue weighted by atomic mass is 19.1. The number of halogens is 3. The first kappa shape index (κ1) is 14.1. The normalized spacial score (nSPS) is 11.7. The molecule has 0 heterocycles. The number of benzene rings is 1. The molecule has 0 spiro atoms. The molecule has 18 heavy (non-hydrogen) atoms. The molecule has 1 amide bonds. The maximum atomic E-state index is 13.3. The lowest BCUT2D eigenvalue weighted by molar-refractivity contribution is 0.0935. The second kappa shape index (κ2) is 6.10. The Labute approximate surface area is 103 Å². The Morgan fingerprint density at radius 3 is 2.39 bits per heavy atom. The molecular formula is C13H12F3NO. The van der Waals surface area contributed by atoms with E-state index in [1.54, 1.807) is 0 Å². The van der Waals surface area contributed by atoms with Gasteiger partial charge in [0.1, 0.15) is 23.0 Å². The molecule has 0 saturated heterocycles. The van der Waals surface area contributed by atoms with Gasteiger partial charge < -0.3 is 5.32 Å². The maximum absolute atomic E-state index is 13.3. The number of carbonyl (C=O) groups is 1. The third-order valence-corrected chi connectivity index (χ3v) is 2.32. The highest BCUT2D eigenvalue weighted by molar-refractivity contribution is 5.95. The van der Waals surface area contributed by atoms with Crippen LogP contribution in [0.1, 0.15) is 30.1 Å². The van der Waals surface area contributed by atoms with Crippen LogP contribution in [0.3, 0.4) is 0 Å². The minimum Gasteiger partial charge on any atom is -0.338 e. The fraction of sp³-hybridized carbons (Fsp3) is 0.308. The molecule has 0 bridgehead atoms. The summed E-state index contributed by atoms with van der Waals surface area (Å²) in [5.74, 6) is -2.27. The van der Waals surface area contributed by atoms with E-state index in [1.165, 1.54) is 0 Å². The van der Waals surface area contributed by atoms with E-state index < -0.39 is 35.0 Å². The van der Waals surface area contributed by atoms with E-state index in [4.69, 9.17) is 6.42 Å². The SMILES string of the molecule is C#CC(CCC)NC(=O)c1c(F)cc(F)cc1F. The molecule has 1 unspecified atom stereocenters. The third-order valence-electron chi connectivity index (χ3n) is 2.32. The zero-order valence-corrected chi connectivity index (χ0v) is 9.77. The largest absolute Gasteiger partial charge is 0.338 e. The molecule has 0 saturated carbocycles. The Kier molecular flexibility index (Phi) is 4.78. The molecule has 1 rings (SSSR count). The predicted octanol–water partition coefficient (Wildman–Crippen LogP) is 2.64. The van der Waals surface area contributed by atoms with Crippen LogP contribution < -0.4 is 5.32 Å². The smallest absolute Gasteiger partial charge is 0.258 e. The summed E-state index contributed by atoms with van der Waals surface area (Å²) in [6.07, 6.45) is 6.38. The molecule has 96 valence electrons. The maximum Gasteiger partial charge on any atom is 0.258 e. The van der Waals surface area contributed by atoms with Gasteiger partial charge in [-0.05, 0) is 6.42 Å². The summed E-state index contributed by atoms with van der Waals surface area (Å²) in [6, 6.07) is 0.289. The van der Waals surface area contributed by atoms with Crippen LogP contribution in [0, 0.1) is 29.8 Å². The van der Waals surface area contributed by atoms with E-state index in [-0.39, 0.29) is 0 Å². The average Bonchev–Trinajstić information content (AvgIpc) is 2.26. The minimum atomic E-state index is -1.25. The second-order valence-electron chi connectivity index (χ2n) is 3.73. The van der Waals surface area contributed by atoms with E-state index in [0.29, 0.717) is 25.0 Å². The Bertz CT molecular complexity index is 470. The van der Waals surface area contributed by atoms with Crippen molar-refractivity contribution in [1.29, 1.82) is 0 Å². The first-order valence-corrected chi connectivity index (χ1v) is 5.41. The van der Waals surface area contributed by atoms with Crippen molar-refractivity contribution in [2.75, 3.05) is 0 Å². The molecule has 0 radical (unpaired) electrons. The first-order chi connectivity index (χ1) is 8.49. The highest BCUT2D eigenvalue weighted by Gasteiger charge is 2.20. The second-order valence-corrected chi connectivity index (χ2v) is 3.73. The molecule has 0 aliphatic carbocycles. The summed E-state index contributed by atoms with van der Waals surface area (Å²) in [6.45, 7) is 1.86. The number of hydrogen-bond donors (Lipinski definition) is 1. The minimum absolute atomic E-state index is 0.447. The molecule has 0 aliphatic rings. The number of amides is 1. The molecule has 0 aliphatic heterocycles. The van der Waals surface area contributed by atoms with Crippen molar-refractivity contribution < 1.29 is 18.0 Å². The Morgan fingerprint density at radius 2 is 1.94 bits per heavy atom. The van der Waals surface area contributed by atoms with Crippen LogP contribution in [0.25, 0.3) is 0 Å². The van der Waals surface area contributed by atoms with Crippen molar-refractivity contribution in [2.45, 2.75) is 25.8 Å². The molecule has 1 N–H and O–H groups in total. The summed E-state index contributed by atoms with van der Waals surface area (Å²) in [5.41, 5.74) is -0.826. The van der Waals surface area contributed by atoms with Gasteiger partial charge in [-0.3, -0.25) is 4.79 Å². The summed E-state index contributed by atoms with van der Waals surface area (Å²) >= 11 is 0. The van der Waals surface area contributed by atoms with Gasteiger partial charge in [0.05, 0.1) is 6.04 Å². The van der Waals surface area contributed by atoms with Gasteiger partial charge >= 0.3 is 0 Å². The standard InChI is InChI=1S/C13H12F3NO/c1-3-5-9(4-2)17-13(18)12-10(15)6-8(14)7-11(12)16/h2,6-7,9H,3,5H2,1H3,(H,17,18). The number of carbonyl (C=O) groups excluding carboxylic acids is 1. The lowest BCUT2D eigenvalue weighted by atomic mass is 10.1. The lowest BCUT2D eigenvalue weighted by Crippen LogP contribution is -2.34. The first-order valence-electron chi connectivity index (χ1n) is 5.41. The third kappa shape index (κ3) is 3.27. The number of nitrogens with one attached hydrogen (secondary N) is 1. The van der Waals surface area contributed by atoms with Gasteiger partial charge in [0.25, 0.3) is 5.91 Å². The van der Waals surface area contributed by atoms with Gasteiger partial charge in [-0.2, -0.15) is 0 Å². The Balaban J connectivity index is 2.95. The van der Waals surface area contributed by atoms with Crippen LogP contribution >= 0.6 is 0 Å². The Morgan fingerprint density at radius 1 is 1.39 bits per heavy atom. The summed E-state index contributed by atoms with van der Waals surface area (Å²) in [7, 11) is 0. The number of rotatable bonds is 4. The molecule has 0 fully saturated rings. The van der Waals surface area contributed by atoms with Crippen LogP contribution in [-0.2, 0) is 0 Å². The Hall–Kier alpha value is -1.96. The fourth-order valence-corrected chi connectivity index (χ4v) is 1.48. The van der Waals surface area contributed by atoms with Gasteiger partial charge in [-0.1, -0.05) is 19.3 Å². The quantitative estimate of drug-likeness (QED) is 0.823. The molecule has 0 aromatic heterocycles. The van der Waals surface area contributed by atoms with Crippen LogP contribution in [0.4, 0.5) is 13.2 Å². The van der Waals surface area contributed by atoms with Gasteiger partial charge in [0.15, 0.2) is 0 Å². The van der Waals surface area contributed by atoms with Crippen molar-refractivity contribution in [3.8, 4) is 12.3 Å². The van der Waals surface area contributed by atoms with Crippen molar-refractivity contribution >= 4 is 5.91 Å². The number of hydrogen-bond acceptors (Lipinski definition) is 1. The van der Waals surface area contributed by atoms with Gasteiger partial charge in [0.2, 0.25) is 0 Å².